The molecular weight excluding hydrogens is 739 g/mol. The molecule has 4 rings (SSSR count). The van der Waals surface area contributed by atoms with Crippen molar-refractivity contribution in [3.8, 4) is 23.0 Å². The van der Waals surface area contributed by atoms with Gasteiger partial charge in [0.15, 0.2) is 11.6 Å². The topological polar surface area (TPSA) is 112 Å². The van der Waals surface area contributed by atoms with Crippen LogP contribution in [-0.4, -0.2) is 50.2 Å². The van der Waals surface area contributed by atoms with Crippen LogP contribution >= 0.6 is 0 Å². The van der Waals surface area contributed by atoms with Crippen molar-refractivity contribution in [3.05, 3.63) is 167 Å². The van der Waals surface area contributed by atoms with Gasteiger partial charge in [-0.2, -0.15) is 0 Å². The Labute approximate surface area is 312 Å². The molecule has 0 aliphatic rings. The molecule has 8 nitrogen and oxygen atoms in total. The summed E-state index contributed by atoms with van der Waals surface area (Å²) in [6.45, 7) is 0. The molecule has 9 heteroatoms. The molecule has 0 amide bonds. The maximum absolute atomic E-state index is 11.8. The fourth-order valence-corrected chi connectivity index (χ4v) is 4.06. The zero-order valence-electron chi connectivity index (χ0n) is 28.7. The zero-order valence-corrected chi connectivity index (χ0v) is 30.2. The van der Waals surface area contributed by atoms with E-state index >= 15 is 0 Å². The number of benzene rings is 4. The van der Waals surface area contributed by atoms with Gasteiger partial charge in [-0.1, -0.05) is 72.8 Å². The van der Waals surface area contributed by atoms with Crippen LogP contribution in [0, 0.1) is 0 Å². The molecule has 51 heavy (non-hydrogen) atoms. The van der Waals surface area contributed by atoms with E-state index in [1.807, 2.05) is 97.1 Å². The van der Waals surface area contributed by atoms with E-state index in [1.54, 1.807) is 52.7 Å². The molecule has 0 atom stereocenters. The van der Waals surface area contributed by atoms with Crippen molar-refractivity contribution < 1.29 is 59.2 Å². The van der Waals surface area contributed by atoms with Crippen LogP contribution in [0.3, 0.4) is 0 Å². The summed E-state index contributed by atoms with van der Waals surface area (Å²) < 4.78 is 20.3. The van der Waals surface area contributed by atoms with Gasteiger partial charge >= 0.3 is 0 Å². The van der Waals surface area contributed by atoms with Crippen LogP contribution in [0.25, 0.3) is 24.3 Å². The molecule has 266 valence electrons. The molecule has 0 radical (unpaired) electrons. The summed E-state index contributed by atoms with van der Waals surface area (Å²) in [6.07, 6.45) is 14.9. The molecule has 0 fully saturated rings. The van der Waals surface area contributed by atoms with Crippen LogP contribution in [-0.2, 0) is 30.0 Å². The fourth-order valence-electron chi connectivity index (χ4n) is 4.06. The van der Waals surface area contributed by atoms with E-state index in [2.05, 4.69) is 0 Å². The van der Waals surface area contributed by atoms with Crippen LogP contribution in [0.5, 0.6) is 23.0 Å². The number of ketones is 2. The maximum Gasteiger partial charge on any atom is 0.182 e. The minimum atomic E-state index is -0.298. The number of carbonyl (C=O) groups is 2. The maximum atomic E-state index is 11.8. The molecule has 0 unspecified atom stereocenters. The quantitative estimate of drug-likeness (QED) is 0.0566. The number of hydrogen-bond acceptors (Lipinski definition) is 8. The van der Waals surface area contributed by atoms with Crippen molar-refractivity contribution in [2.75, 3.05) is 28.4 Å². The van der Waals surface area contributed by atoms with Crippen LogP contribution in [0.2, 0.25) is 0 Å². The van der Waals surface area contributed by atoms with Crippen LogP contribution < -0.4 is 18.9 Å². The standard InChI is InChI=1S/2C21H20O4.Pd/c2*1-24-20-11-5-16(6-12-20)3-9-18(22)15-19(23)10-4-17-7-13-21(25-2)14-8-17;/h2*3-15,22H,1-2H3;/b2*9-3+,10-4+,18-15-;. The Morgan fingerprint density at radius 1 is 0.412 bits per heavy atom. The Hall–Kier alpha value is -5.88. The van der Waals surface area contributed by atoms with Crippen molar-refractivity contribution >= 4 is 35.9 Å². The van der Waals surface area contributed by atoms with Gasteiger partial charge in [0, 0.05) is 32.6 Å². The van der Waals surface area contributed by atoms with E-state index in [9.17, 15) is 19.8 Å². The van der Waals surface area contributed by atoms with Crippen LogP contribution in [0.15, 0.2) is 145 Å². The second-order valence-electron chi connectivity index (χ2n) is 10.4. The third kappa shape index (κ3) is 15.9. The average molecular weight is 779 g/mol. The Balaban J connectivity index is 0.000000347. The third-order valence-corrected chi connectivity index (χ3v) is 6.82. The predicted molar refractivity (Wildman–Crippen MR) is 200 cm³/mol. The number of aliphatic hydroxyl groups excluding tert-OH is 2. The number of ether oxygens (including phenoxy) is 4. The summed E-state index contributed by atoms with van der Waals surface area (Å²) >= 11 is 0. The van der Waals surface area contributed by atoms with Gasteiger partial charge in [0.25, 0.3) is 0 Å². The first kappa shape index (κ1) is 41.3. The summed E-state index contributed by atoms with van der Waals surface area (Å²) in [5, 5.41) is 19.7. The van der Waals surface area contributed by atoms with E-state index in [-0.39, 0.29) is 43.5 Å². The number of carbonyl (C=O) groups excluding carboxylic acids is 2. The summed E-state index contributed by atoms with van der Waals surface area (Å²) in [5.41, 5.74) is 3.52. The van der Waals surface area contributed by atoms with Crippen LogP contribution in [0.1, 0.15) is 22.3 Å². The summed E-state index contributed by atoms with van der Waals surface area (Å²) in [5.74, 6) is 2.21. The smallest absolute Gasteiger partial charge is 0.182 e. The largest absolute Gasteiger partial charge is 0.508 e. The second-order valence-corrected chi connectivity index (χ2v) is 10.4. The second kappa shape index (κ2) is 22.7. The zero-order chi connectivity index (χ0) is 36.1. The Kier molecular flexibility index (Phi) is 18.4. The first-order valence-corrected chi connectivity index (χ1v) is 15.4. The molecule has 0 heterocycles. The molecule has 0 spiro atoms. The molecule has 0 aliphatic heterocycles. The van der Waals surface area contributed by atoms with E-state index in [0.717, 1.165) is 45.3 Å². The number of allylic oxidation sites excluding steroid dienone is 6. The minimum absolute atomic E-state index is 0. The van der Waals surface area contributed by atoms with Gasteiger partial charge in [0.1, 0.15) is 34.5 Å². The molecule has 2 N–H and O–H groups in total. The Morgan fingerprint density at radius 3 is 0.843 bits per heavy atom. The van der Waals surface area contributed by atoms with Crippen molar-refractivity contribution in [1.82, 2.24) is 0 Å². The van der Waals surface area contributed by atoms with E-state index in [1.165, 1.54) is 36.5 Å². The third-order valence-electron chi connectivity index (χ3n) is 6.82. The summed E-state index contributed by atoms with van der Waals surface area (Å²) in [4.78, 5) is 23.7. The monoisotopic (exact) mass is 778 g/mol. The summed E-state index contributed by atoms with van der Waals surface area (Å²) in [6, 6.07) is 29.3. The SMILES string of the molecule is COc1ccc(/C=C/C(=O)/C=C(O)/C=C/c2ccc(OC)cc2)cc1.COc1ccc(/C=C/C(=O)/C=C(O)/C=C/c2ccc(OC)cc2)cc1.[Pd]. The predicted octanol–water partition coefficient (Wildman–Crippen LogP) is 8.88. The molecule has 0 bridgehead atoms. The van der Waals surface area contributed by atoms with E-state index in [0.29, 0.717) is 0 Å². The molecule has 4 aromatic carbocycles. The van der Waals surface area contributed by atoms with Crippen molar-refractivity contribution in [2.45, 2.75) is 0 Å². The van der Waals surface area contributed by atoms with E-state index in [4.69, 9.17) is 18.9 Å². The van der Waals surface area contributed by atoms with Gasteiger partial charge in [-0.05, 0) is 95.1 Å². The Morgan fingerprint density at radius 2 is 0.627 bits per heavy atom. The first-order valence-electron chi connectivity index (χ1n) is 15.4. The van der Waals surface area contributed by atoms with Crippen molar-refractivity contribution in [2.24, 2.45) is 0 Å². The normalized spacial score (nSPS) is 11.6. The summed E-state index contributed by atoms with van der Waals surface area (Å²) in [7, 11) is 6.40. The first-order chi connectivity index (χ1) is 24.2. The number of rotatable bonds is 14. The van der Waals surface area contributed by atoms with Gasteiger partial charge in [-0.3, -0.25) is 9.59 Å². The van der Waals surface area contributed by atoms with Gasteiger partial charge in [-0.15, -0.1) is 0 Å². The molecule has 4 aromatic rings. The van der Waals surface area contributed by atoms with Gasteiger partial charge < -0.3 is 29.2 Å². The molecule has 0 aromatic heterocycles. The average Bonchev–Trinajstić information content (AvgIpc) is 3.15. The van der Waals surface area contributed by atoms with Crippen LogP contribution in [0.4, 0.5) is 0 Å². The molecular formula is C42H40O8Pd. The number of methoxy groups -OCH3 is 4. The van der Waals surface area contributed by atoms with Crippen molar-refractivity contribution in [1.29, 1.82) is 0 Å². The molecule has 0 saturated carbocycles. The van der Waals surface area contributed by atoms with Gasteiger partial charge in [-0.25, -0.2) is 0 Å². The number of aliphatic hydroxyl groups is 2. The fraction of sp³-hybridized carbons (Fsp3) is 0.0952. The van der Waals surface area contributed by atoms with Gasteiger partial charge in [0.05, 0.1) is 28.4 Å². The van der Waals surface area contributed by atoms with Crippen molar-refractivity contribution in [3.63, 3.8) is 0 Å². The van der Waals surface area contributed by atoms with E-state index < -0.39 is 0 Å². The van der Waals surface area contributed by atoms with Gasteiger partial charge in [0.2, 0.25) is 0 Å². The Bertz CT molecular complexity index is 1710. The molecule has 0 saturated heterocycles. The number of hydrogen-bond donors (Lipinski definition) is 2. The molecule has 0 aliphatic carbocycles. The minimum Gasteiger partial charge on any atom is -0.508 e.